The Hall–Kier alpha value is -2.41. The van der Waals surface area contributed by atoms with Gasteiger partial charge >= 0.3 is 0 Å². The van der Waals surface area contributed by atoms with Gasteiger partial charge in [-0.1, -0.05) is 40.9 Å². The van der Waals surface area contributed by atoms with E-state index in [1.165, 1.54) is 23.1 Å². The van der Waals surface area contributed by atoms with Crippen molar-refractivity contribution < 1.29 is 14.5 Å². The fourth-order valence-corrected chi connectivity index (χ4v) is 4.58. The van der Waals surface area contributed by atoms with Gasteiger partial charge in [0, 0.05) is 42.2 Å². The number of hydrogen-bond donors (Lipinski definition) is 0. The number of carbonyl (C=O) groups excluding carboxylic acids is 2. The Morgan fingerprint density at radius 1 is 0.967 bits per heavy atom. The third-order valence-corrected chi connectivity index (χ3v) is 6.46. The number of Topliss-reactive ketones (excluding diaryl/α,β-unsaturated/α-hetero) is 1. The number of nitrogens with zero attached hydrogens (tertiary/aromatic N) is 2. The average molecular weight is 466 g/mol. The molecule has 6 nitrogen and oxygen atoms in total. The second kappa shape index (κ2) is 8.02. The molecule has 0 bridgehead atoms. The number of nitro groups is 1. The number of amides is 1. The zero-order valence-corrected chi connectivity index (χ0v) is 17.8. The molecule has 30 heavy (non-hydrogen) atoms. The molecule has 1 heterocycles. The number of halogens is 3. The Morgan fingerprint density at radius 2 is 1.70 bits per heavy atom. The minimum atomic E-state index is -0.548. The van der Waals surface area contributed by atoms with Gasteiger partial charge in [0.15, 0.2) is 5.78 Å². The molecule has 1 amide bonds. The van der Waals surface area contributed by atoms with Gasteiger partial charge in [-0.2, -0.15) is 0 Å². The average Bonchev–Trinajstić information content (AvgIpc) is 2.70. The van der Waals surface area contributed by atoms with Crippen molar-refractivity contribution >= 4 is 57.9 Å². The van der Waals surface area contributed by atoms with Crippen LogP contribution in [0.2, 0.25) is 15.1 Å². The first-order valence-corrected chi connectivity index (χ1v) is 10.4. The monoisotopic (exact) mass is 464 g/mol. The van der Waals surface area contributed by atoms with Crippen molar-refractivity contribution in [2.75, 3.05) is 4.90 Å². The van der Waals surface area contributed by atoms with Crippen LogP contribution >= 0.6 is 34.8 Å². The van der Waals surface area contributed by atoms with Gasteiger partial charge in [-0.05, 0) is 36.6 Å². The molecule has 2 aromatic carbocycles. The minimum Gasteiger partial charge on any atom is -0.294 e. The molecule has 2 aromatic rings. The van der Waals surface area contributed by atoms with Gasteiger partial charge < -0.3 is 0 Å². The van der Waals surface area contributed by atoms with E-state index in [-0.39, 0.29) is 34.5 Å². The molecule has 1 aliphatic heterocycles. The number of ketones is 1. The van der Waals surface area contributed by atoms with E-state index < -0.39 is 10.8 Å². The number of carbonyl (C=O) groups is 2. The predicted octanol–water partition coefficient (Wildman–Crippen LogP) is 6.08. The van der Waals surface area contributed by atoms with Crippen LogP contribution in [0.1, 0.15) is 37.2 Å². The van der Waals surface area contributed by atoms with Gasteiger partial charge in [0.25, 0.3) is 5.69 Å². The summed E-state index contributed by atoms with van der Waals surface area (Å²) >= 11 is 18.5. The van der Waals surface area contributed by atoms with E-state index in [1.54, 1.807) is 18.2 Å². The number of rotatable bonds is 3. The highest BCUT2D eigenvalue weighted by Gasteiger charge is 2.40. The van der Waals surface area contributed by atoms with Gasteiger partial charge in [0.05, 0.1) is 25.7 Å². The molecular weight excluding hydrogens is 451 g/mol. The summed E-state index contributed by atoms with van der Waals surface area (Å²) in [6.07, 6.45) is 1.47. The van der Waals surface area contributed by atoms with Crippen molar-refractivity contribution in [3.05, 3.63) is 78.4 Å². The minimum absolute atomic E-state index is 0.0154. The third kappa shape index (κ3) is 3.60. The number of nitro benzene ring substituents is 1. The highest BCUT2D eigenvalue weighted by atomic mass is 35.5. The molecule has 0 spiro atoms. The standard InChI is InChI=1S/C21H15Cl3N2O4/c22-14-6-4-11(8-16(14)24)13-10-20(28)25(17-2-1-3-19(27)21(13)17)18-9-12(26(29)30)5-7-15(18)23/h4-9,13H,1-3,10H2. The predicted molar refractivity (Wildman–Crippen MR) is 115 cm³/mol. The van der Waals surface area contributed by atoms with Crippen LogP contribution in [0.5, 0.6) is 0 Å². The van der Waals surface area contributed by atoms with Crippen molar-refractivity contribution in [2.24, 2.45) is 0 Å². The van der Waals surface area contributed by atoms with Crippen LogP contribution in [-0.2, 0) is 9.59 Å². The maximum absolute atomic E-state index is 13.2. The fourth-order valence-electron chi connectivity index (χ4n) is 4.07. The topological polar surface area (TPSA) is 80.5 Å². The lowest BCUT2D eigenvalue weighted by Crippen LogP contribution is -2.40. The van der Waals surface area contributed by atoms with Crippen LogP contribution < -0.4 is 4.90 Å². The van der Waals surface area contributed by atoms with Crippen molar-refractivity contribution in [3.63, 3.8) is 0 Å². The summed E-state index contributed by atoms with van der Waals surface area (Å²) in [5, 5.41) is 12.2. The van der Waals surface area contributed by atoms with E-state index in [2.05, 4.69) is 0 Å². The highest BCUT2D eigenvalue weighted by Crippen LogP contribution is 2.46. The molecule has 1 unspecified atom stereocenters. The largest absolute Gasteiger partial charge is 0.294 e. The quantitative estimate of drug-likeness (QED) is 0.406. The molecule has 2 aliphatic rings. The highest BCUT2D eigenvalue weighted by molar-refractivity contribution is 6.42. The molecule has 4 rings (SSSR count). The van der Waals surface area contributed by atoms with Crippen LogP contribution in [0.3, 0.4) is 0 Å². The Balaban J connectivity index is 1.89. The molecule has 0 radical (unpaired) electrons. The van der Waals surface area contributed by atoms with Crippen molar-refractivity contribution in [3.8, 4) is 0 Å². The van der Waals surface area contributed by atoms with E-state index in [9.17, 15) is 19.7 Å². The maximum atomic E-state index is 13.2. The second-order valence-corrected chi connectivity index (χ2v) is 8.41. The van der Waals surface area contributed by atoms with E-state index in [0.29, 0.717) is 40.6 Å². The molecule has 0 N–H and O–H groups in total. The Bertz CT molecular complexity index is 1130. The molecule has 0 saturated carbocycles. The Labute approximate surface area is 187 Å². The number of allylic oxidation sites excluding steroid dienone is 2. The summed E-state index contributed by atoms with van der Waals surface area (Å²) in [5.41, 5.74) is 1.83. The maximum Gasteiger partial charge on any atom is 0.271 e. The Morgan fingerprint density at radius 3 is 2.40 bits per heavy atom. The van der Waals surface area contributed by atoms with Crippen LogP contribution in [0.4, 0.5) is 11.4 Å². The van der Waals surface area contributed by atoms with Crippen LogP contribution in [-0.4, -0.2) is 16.6 Å². The first kappa shape index (κ1) is 20.8. The Kier molecular flexibility index (Phi) is 5.57. The first-order valence-electron chi connectivity index (χ1n) is 9.26. The summed E-state index contributed by atoms with van der Waals surface area (Å²) in [5.74, 6) is -0.794. The summed E-state index contributed by atoms with van der Waals surface area (Å²) in [4.78, 5) is 38.2. The number of hydrogen-bond acceptors (Lipinski definition) is 4. The molecule has 0 fully saturated rings. The van der Waals surface area contributed by atoms with Gasteiger partial charge in [-0.25, -0.2) is 0 Å². The fraction of sp³-hybridized carbons (Fsp3) is 0.238. The van der Waals surface area contributed by atoms with E-state index in [1.807, 2.05) is 0 Å². The lowest BCUT2D eigenvalue weighted by molar-refractivity contribution is -0.384. The molecule has 0 aromatic heterocycles. The molecule has 9 heteroatoms. The molecule has 1 atom stereocenters. The third-order valence-electron chi connectivity index (χ3n) is 5.40. The van der Waals surface area contributed by atoms with Gasteiger partial charge in [-0.15, -0.1) is 0 Å². The molecule has 1 aliphatic carbocycles. The summed E-state index contributed by atoms with van der Waals surface area (Å²) in [6, 6.07) is 9.00. The van der Waals surface area contributed by atoms with Crippen molar-refractivity contribution in [2.45, 2.75) is 31.6 Å². The summed E-state index contributed by atoms with van der Waals surface area (Å²) in [7, 11) is 0. The summed E-state index contributed by atoms with van der Waals surface area (Å²) < 4.78 is 0. The number of anilines is 1. The van der Waals surface area contributed by atoms with E-state index in [0.717, 1.165) is 5.56 Å². The lowest BCUT2D eigenvalue weighted by Gasteiger charge is -2.38. The van der Waals surface area contributed by atoms with Gasteiger partial charge in [-0.3, -0.25) is 24.6 Å². The first-order chi connectivity index (χ1) is 14.3. The van der Waals surface area contributed by atoms with Crippen LogP contribution in [0, 0.1) is 10.1 Å². The van der Waals surface area contributed by atoms with Crippen LogP contribution in [0.15, 0.2) is 47.7 Å². The molecule has 0 saturated heterocycles. The SMILES string of the molecule is O=C1CCCC2=C1C(c1ccc(Cl)c(Cl)c1)CC(=O)N2c1cc([N+](=O)[O-])ccc1Cl. The van der Waals surface area contributed by atoms with Crippen molar-refractivity contribution in [1.29, 1.82) is 0 Å². The second-order valence-electron chi connectivity index (χ2n) is 7.19. The zero-order chi connectivity index (χ0) is 21.6. The van der Waals surface area contributed by atoms with E-state index in [4.69, 9.17) is 34.8 Å². The molecular formula is C21H15Cl3N2O4. The van der Waals surface area contributed by atoms with Crippen molar-refractivity contribution in [1.82, 2.24) is 0 Å². The zero-order valence-electron chi connectivity index (χ0n) is 15.5. The number of benzene rings is 2. The summed E-state index contributed by atoms with van der Waals surface area (Å²) in [6.45, 7) is 0. The lowest BCUT2D eigenvalue weighted by atomic mass is 9.77. The normalized spacial score (nSPS) is 19.2. The molecule has 154 valence electrons. The number of non-ortho nitro benzene ring substituents is 1. The van der Waals surface area contributed by atoms with Crippen LogP contribution in [0.25, 0.3) is 0 Å². The van der Waals surface area contributed by atoms with Gasteiger partial charge in [0.1, 0.15) is 0 Å². The van der Waals surface area contributed by atoms with Gasteiger partial charge in [0.2, 0.25) is 5.91 Å². The smallest absolute Gasteiger partial charge is 0.271 e. The van der Waals surface area contributed by atoms with E-state index >= 15 is 0 Å².